The minimum atomic E-state index is -0.104. The van der Waals surface area contributed by atoms with Crippen LogP contribution in [0.3, 0.4) is 0 Å². The molecule has 0 unspecified atom stereocenters. The van der Waals surface area contributed by atoms with Crippen LogP contribution in [0.1, 0.15) is 0 Å². The second-order valence-electron chi connectivity index (χ2n) is 4.97. The van der Waals surface area contributed by atoms with Gasteiger partial charge in [-0.2, -0.15) is 0 Å². The minimum absolute atomic E-state index is 0.104. The van der Waals surface area contributed by atoms with Crippen LogP contribution in [0.15, 0.2) is 53.4 Å². The monoisotopic (exact) mass is 359 g/mol. The van der Waals surface area contributed by atoms with E-state index in [1.165, 1.54) is 11.8 Å². The third-order valence-electron chi connectivity index (χ3n) is 3.22. The van der Waals surface area contributed by atoms with Crippen molar-refractivity contribution < 1.29 is 4.79 Å². The predicted octanol–water partition coefficient (Wildman–Crippen LogP) is 3.26. The molecule has 0 aliphatic rings. The van der Waals surface area contributed by atoms with Gasteiger partial charge in [-0.05, 0) is 34.7 Å². The highest BCUT2D eigenvalue weighted by Gasteiger charge is 2.09. The Bertz CT molecular complexity index is 867. The van der Waals surface area contributed by atoms with Gasteiger partial charge in [-0.15, -0.1) is 16.9 Å². The van der Waals surface area contributed by atoms with E-state index >= 15 is 0 Å². The Hall–Kier alpha value is -2.38. The highest BCUT2D eigenvalue weighted by molar-refractivity contribution is 8.00. The summed E-state index contributed by atoms with van der Waals surface area (Å²) in [6.07, 6.45) is 0. The van der Waals surface area contributed by atoms with Crippen LogP contribution in [0.25, 0.3) is 11.4 Å². The van der Waals surface area contributed by atoms with Crippen molar-refractivity contribution in [1.29, 1.82) is 0 Å². The number of halogens is 1. The molecule has 1 N–H and O–H groups in total. The lowest BCUT2D eigenvalue weighted by atomic mass is 10.2. The maximum atomic E-state index is 12.1. The topological polar surface area (TPSA) is 72.7 Å². The van der Waals surface area contributed by atoms with Gasteiger partial charge in [0.05, 0.1) is 10.8 Å². The van der Waals surface area contributed by atoms with Gasteiger partial charge in [-0.25, -0.2) is 4.68 Å². The summed E-state index contributed by atoms with van der Waals surface area (Å²) in [4.78, 5) is 13.0. The molecule has 6 nitrogen and oxygen atoms in total. The quantitative estimate of drug-likeness (QED) is 0.708. The molecule has 0 saturated carbocycles. The molecule has 0 saturated heterocycles. The Morgan fingerprint density at radius 2 is 2.08 bits per heavy atom. The number of nitrogens with zero attached hydrogens (tertiary/aromatic N) is 4. The second-order valence-corrected chi connectivity index (χ2v) is 6.40. The summed E-state index contributed by atoms with van der Waals surface area (Å²) >= 11 is 7.49. The molecular weight excluding hydrogens is 346 g/mol. The lowest BCUT2D eigenvalue weighted by Crippen LogP contribution is -2.14. The SMILES string of the molecule is Cn1nnnc1-c1cccc(NC(=O)CSc2ccccc2Cl)c1. The molecule has 122 valence electrons. The zero-order valence-electron chi connectivity index (χ0n) is 12.8. The van der Waals surface area contributed by atoms with Gasteiger partial charge in [0, 0.05) is 23.2 Å². The van der Waals surface area contributed by atoms with Gasteiger partial charge in [-0.3, -0.25) is 4.79 Å². The van der Waals surface area contributed by atoms with Gasteiger partial charge in [0.15, 0.2) is 5.82 Å². The molecule has 24 heavy (non-hydrogen) atoms. The van der Waals surface area contributed by atoms with Crippen molar-refractivity contribution in [3.63, 3.8) is 0 Å². The number of thioether (sulfide) groups is 1. The van der Waals surface area contributed by atoms with E-state index in [4.69, 9.17) is 11.6 Å². The summed E-state index contributed by atoms with van der Waals surface area (Å²) in [7, 11) is 1.76. The first kappa shape index (κ1) is 16.5. The zero-order chi connectivity index (χ0) is 16.9. The van der Waals surface area contributed by atoms with Gasteiger partial charge in [-0.1, -0.05) is 35.9 Å². The standard InChI is InChI=1S/C16H14ClN5OS/c1-22-16(19-20-21-22)11-5-4-6-12(9-11)18-15(23)10-24-14-8-3-2-7-13(14)17/h2-9H,10H2,1H3,(H,18,23). The molecule has 0 spiro atoms. The smallest absolute Gasteiger partial charge is 0.234 e. The molecule has 1 amide bonds. The Morgan fingerprint density at radius 3 is 2.83 bits per heavy atom. The fourth-order valence-electron chi connectivity index (χ4n) is 2.11. The summed E-state index contributed by atoms with van der Waals surface area (Å²) in [6, 6.07) is 14.8. The van der Waals surface area contributed by atoms with Crippen LogP contribution < -0.4 is 5.32 Å². The summed E-state index contributed by atoms with van der Waals surface area (Å²) in [5, 5.41) is 14.9. The molecule has 1 aromatic heterocycles. The summed E-state index contributed by atoms with van der Waals surface area (Å²) < 4.78 is 1.58. The number of benzene rings is 2. The number of hydrogen-bond donors (Lipinski definition) is 1. The number of anilines is 1. The van der Waals surface area contributed by atoms with Gasteiger partial charge in [0.2, 0.25) is 5.91 Å². The first-order valence-corrected chi connectivity index (χ1v) is 8.50. The van der Waals surface area contributed by atoms with Crippen molar-refractivity contribution in [3.8, 4) is 11.4 Å². The van der Waals surface area contributed by atoms with Crippen molar-refractivity contribution >= 4 is 35.0 Å². The van der Waals surface area contributed by atoms with E-state index in [-0.39, 0.29) is 11.7 Å². The van der Waals surface area contributed by atoms with Gasteiger partial charge in [0.1, 0.15) is 0 Å². The fraction of sp³-hybridized carbons (Fsp3) is 0.125. The molecule has 2 aromatic carbocycles. The third kappa shape index (κ3) is 3.93. The largest absolute Gasteiger partial charge is 0.325 e. The number of rotatable bonds is 5. The number of aryl methyl sites for hydroxylation is 1. The van der Waals surface area contributed by atoms with E-state index in [2.05, 4.69) is 20.8 Å². The number of aromatic nitrogens is 4. The van der Waals surface area contributed by atoms with Crippen molar-refractivity contribution in [2.45, 2.75) is 4.90 Å². The molecule has 0 radical (unpaired) electrons. The average Bonchev–Trinajstić information content (AvgIpc) is 3.00. The molecule has 0 aliphatic carbocycles. The first-order chi connectivity index (χ1) is 11.6. The first-order valence-electron chi connectivity index (χ1n) is 7.13. The van der Waals surface area contributed by atoms with E-state index in [1.807, 2.05) is 42.5 Å². The molecule has 3 aromatic rings. The normalized spacial score (nSPS) is 10.6. The highest BCUT2D eigenvalue weighted by Crippen LogP contribution is 2.26. The molecule has 3 rings (SSSR count). The van der Waals surface area contributed by atoms with E-state index in [0.29, 0.717) is 16.5 Å². The van der Waals surface area contributed by atoms with E-state index in [0.717, 1.165) is 10.5 Å². The molecule has 0 aliphatic heterocycles. The van der Waals surface area contributed by atoms with Gasteiger partial charge in [0.25, 0.3) is 0 Å². The van der Waals surface area contributed by atoms with Crippen LogP contribution in [-0.2, 0) is 11.8 Å². The van der Waals surface area contributed by atoms with Crippen LogP contribution in [0, 0.1) is 0 Å². The third-order valence-corrected chi connectivity index (χ3v) is 4.74. The zero-order valence-corrected chi connectivity index (χ0v) is 14.4. The number of hydrogen-bond acceptors (Lipinski definition) is 5. The Balaban J connectivity index is 1.65. The number of tetrazole rings is 1. The fourth-order valence-corrected chi connectivity index (χ4v) is 3.15. The molecule has 0 bridgehead atoms. The lowest BCUT2D eigenvalue weighted by molar-refractivity contribution is -0.113. The molecular formula is C16H14ClN5OS. The minimum Gasteiger partial charge on any atom is -0.325 e. The average molecular weight is 360 g/mol. The van der Waals surface area contributed by atoms with Crippen molar-refractivity contribution in [2.24, 2.45) is 7.05 Å². The molecule has 8 heteroatoms. The number of amides is 1. The molecule has 0 fully saturated rings. The predicted molar refractivity (Wildman–Crippen MR) is 95.0 cm³/mol. The number of carbonyl (C=O) groups excluding carboxylic acids is 1. The van der Waals surface area contributed by atoms with Crippen LogP contribution in [-0.4, -0.2) is 31.9 Å². The van der Waals surface area contributed by atoms with Crippen LogP contribution >= 0.6 is 23.4 Å². The van der Waals surface area contributed by atoms with Crippen LogP contribution in [0.4, 0.5) is 5.69 Å². The summed E-state index contributed by atoms with van der Waals surface area (Å²) in [5.41, 5.74) is 1.53. The van der Waals surface area contributed by atoms with Crippen molar-refractivity contribution in [3.05, 3.63) is 53.6 Å². The van der Waals surface area contributed by atoms with Crippen molar-refractivity contribution in [1.82, 2.24) is 20.2 Å². The summed E-state index contributed by atoms with van der Waals surface area (Å²) in [5.74, 6) is 0.809. The Morgan fingerprint density at radius 1 is 1.25 bits per heavy atom. The van der Waals surface area contributed by atoms with Gasteiger partial charge < -0.3 is 5.32 Å². The lowest BCUT2D eigenvalue weighted by Gasteiger charge is -2.07. The van der Waals surface area contributed by atoms with Gasteiger partial charge >= 0.3 is 0 Å². The Kier molecular flexibility index (Phi) is 5.12. The molecule has 1 heterocycles. The molecule has 0 atom stereocenters. The number of carbonyl (C=O) groups is 1. The Labute approximate surface area is 148 Å². The summed E-state index contributed by atoms with van der Waals surface area (Å²) in [6.45, 7) is 0. The van der Waals surface area contributed by atoms with Crippen molar-refractivity contribution in [2.75, 3.05) is 11.1 Å². The van der Waals surface area contributed by atoms with Crippen LogP contribution in [0.2, 0.25) is 5.02 Å². The highest BCUT2D eigenvalue weighted by atomic mass is 35.5. The second kappa shape index (κ2) is 7.46. The number of nitrogens with one attached hydrogen (secondary N) is 1. The maximum absolute atomic E-state index is 12.1. The van der Waals surface area contributed by atoms with E-state index in [9.17, 15) is 4.79 Å². The van der Waals surface area contributed by atoms with E-state index in [1.54, 1.807) is 17.8 Å². The maximum Gasteiger partial charge on any atom is 0.234 e. The van der Waals surface area contributed by atoms with Crippen LogP contribution in [0.5, 0.6) is 0 Å². The van der Waals surface area contributed by atoms with E-state index < -0.39 is 0 Å².